The molecule has 2 nitrogen and oxygen atoms in total. The first kappa shape index (κ1) is 12.0. The molecule has 0 aliphatic carbocycles. The Bertz CT molecular complexity index is 156. The maximum Gasteiger partial charge on any atom is 0.0192 e. The van der Waals surface area contributed by atoms with Crippen LogP contribution in [0.4, 0.5) is 0 Å². The van der Waals surface area contributed by atoms with Gasteiger partial charge in [-0.15, -0.1) is 0 Å². The second kappa shape index (κ2) is 5.72. The molecule has 1 rings (SSSR count). The number of rotatable bonds is 4. The minimum absolute atomic E-state index is 0.721. The van der Waals surface area contributed by atoms with E-state index in [2.05, 4.69) is 38.0 Å². The third-order valence-corrected chi connectivity index (χ3v) is 3.30. The van der Waals surface area contributed by atoms with Gasteiger partial charge in [0.25, 0.3) is 0 Å². The number of hydrogen-bond acceptors (Lipinski definition) is 2. The van der Waals surface area contributed by atoms with Gasteiger partial charge in [-0.2, -0.15) is 0 Å². The van der Waals surface area contributed by atoms with Crippen LogP contribution in [-0.4, -0.2) is 37.1 Å². The van der Waals surface area contributed by atoms with Crippen LogP contribution >= 0.6 is 0 Å². The molecule has 84 valence electrons. The van der Waals surface area contributed by atoms with Crippen LogP contribution in [0, 0.1) is 5.92 Å². The van der Waals surface area contributed by atoms with Crippen molar-refractivity contribution in [2.24, 2.45) is 5.92 Å². The molecule has 2 heteroatoms. The summed E-state index contributed by atoms with van der Waals surface area (Å²) in [5, 5.41) is 3.40. The highest BCUT2D eigenvalue weighted by Gasteiger charge is 2.22. The van der Waals surface area contributed by atoms with Crippen molar-refractivity contribution in [1.29, 1.82) is 0 Å². The molecule has 1 aliphatic rings. The topological polar surface area (TPSA) is 15.3 Å². The van der Waals surface area contributed by atoms with Gasteiger partial charge in [-0.3, -0.25) is 4.90 Å². The highest BCUT2D eigenvalue weighted by molar-refractivity contribution is 4.80. The summed E-state index contributed by atoms with van der Waals surface area (Å²) in [6, 6.07) is 1.48. The zero-order valence-electron chi connectivity index (χ0n) is 10.2. The summed E-state index contributed by atoms with van der Waals surface area (Å²) in [4.78, 5) is 2.64. The first-order valence-corrected chi connectivity index (χ1v) is 6.04. The number of hydrogen-bond donors (Lipinski definition) is 1. The number of nitrogens with zero attached hydrogens (tertiary/aromatic N) is 1. The second-order valence-corrected chi connectivity index (χ2v) is 5.10. The van der Waals surface area contributed by atoms with E-state index in [0.29, 0.717) is 0 Å². The van der Waals surface area contributed by atoms with Crippen molar-refractivity contribution in [2.75, 3.05) is 20.1 Å². The lowest BCUT2D eigenvalue weighted by molar-refractivity contribution is 0.134. The smallest absolute Gasteiger partial charge is 0.0192 e. The van der Waals surface area contributed by atoms with Gasteiger partial charge in [0.05, 0.1) is 0 Å². The van der Waals surface area contributed by atoms with Crippen LogP contribution in [0.15, 0.2) is 0 Å². The molecule has 1 saturated heterocycles. The maximum atomic E-state index is 3.40. The molecule has 1 aliphatic heterocycles. The predicted molar refractivity (Wildman–Crippen MR) is 62.6 cm³/mol. The van der Waals surface area contributed by atoms with Gasteiger partial charge in [0.2, 0.25) is 0 Å². The zero-order valence-corrected chi connectivity index (χ0v) is 10.2. The van der Waals surface area contributed by atoms with E-state index >= 15 is 0 Å². The fraction of sp³-hybridized carbons (Fsp3) is 1.00. The fourth-order valence-electron chi connectivity index (χ4n) is 2.47. The van der Waals surface area contributed by atoms with Crippen molar-refractivity contribution in [1.82, 2.24) is 10.2 Å². The van der Waals surface area contributed by atoms with E-state index in [9.17, 15) is 0 Å². The highest BCUT2D eigenvalue weighted by Crippen LogP contribution is 2.17. The Hall–Kier alpha value is -0.0800. The summed E-state index contributed by atoms with van der Waals surface area (Å²) in [5.41, 5.74) is 0. The third-order valence-electron chi connectivity index (χ3n) is 3.30. The summed E-state index contributed by atoms with van der Waals surface area (Å²) < 4.78 is 0. The number of nitrogens with one attached hydrogen (secondary N) is 1. The average molecular weight is 198 g/mol. The summed E-state index contributed by atoms with van der Waals surface area (Å²) in [5.74, 6) is 0.819. The lowest BCUT2D eigenvalue weighted by atomic mass is 9.99. The molecular weight excluding hydrogens is 172 g/mol. The van der Waals surface area contributed by atoms with E-state index in [1.54, 1.807) is 0 Å². The van der Waals surface area contributed by atoms with Crippen LogP contribution in [0.2, 0.25) is 0 Å². The van der Waals surface area contributed by atoms with E-state index in [1.807, 2.05) is 0 Å². The van der Waals surface area contributed by atoms with Crippen LogP contribution in [-0.2, 0) is 0 Å². The molecule has 0 saturated carbocycles. The number of likely N-dealkylation sites (N-methyl/N-ethyl adjacent to an activating group) is 1. The van der Waals surface area contributed by atoms with Gasteiger partial charge in [-0.1, -0.05) is 13.8 Å². The van der Waals surface area contributed by atoms with Crippen molar-refractivity contribution in [3.63, 3.8) is 0 Å². The van der Waals surface area contributed by atoms with E-state index in [4.69, 9.17) is 0 Å². The van der Waals surface area contributed by atoms with Gasteiger partial charge in [-0.25, -0.2) is 0 Å². The summed E-state index contributed by atoms with van der Waals surface area (Å²) in [7, 11) is 2.08. The molecule has 2 atom stereocenters. The Labute approximate surface area is 89.1 Å². The Balaban J connectivity index is 2.35. The molecule has 0 amide bonds. The lowest BCUT2D eigenvalue weighted by Crippen LogP contribution is -2.48. The third kappa shape index (κ3) is 3.58. The first-order chi connectivity index (χ1) is 6.63. The Morgan fingerprint density at radius 3 is 2.64 bits per heavy atom. The quantitative estimate of drug-likeness (QED) is 0.744. The highest BCUT2D eigenvalue weighted by atomic mass is 15.2. The normalized spacial score (nSPS) is 26.8. The summed E-state index contributed by atoms with van der Waals surface area (Å²) in [6.07, 6.45) is 4.03. The fourth-order valence-corrected chi connectivity index (χ4v) is 2.47. The van der Waals surface area contributed by atoms with Crippen LogP contribution < -0.4 is 5.32 Å². The minimum Gasteiger partial charge on any atom is -0.316 e. The molecular formula is C12H26N2. The van der Waals surface area contributed by atoms with Crippen LogP contribution in [0.25, 0.3) is 0 Å². The lowest BCUT2D eigenvalue weighted by Gasteiger charge is -2.37. The molecule has 2 unspecified atom stereocenters. The zero-order chi connectivity index (χ0) is 10.6. The Morgan fingerprint density at radius 1 is 1.36 bits per heavy atom. The van der Waals surface area contributed by atoms with Crippen molar-refractivity contribution in [2.45, 2.75) is 52.1 Å². The molecule has 1 heterocycles. The molecule has 1 N–H and O–H groups in total. The van der Waals surface area contributed by atoms with Gasteiger partial charge in [0.1, 0.15) is 0 Å². The van der Waals surface area contributed by atoms with Crippen LogP contribution in [0.1, 0.15) is 40.0 Å². The first-order valence-electron chi connectivity index (χ1n) is 6.04. The molecule has 0 bridgehead atoms. The summed E-state index contributed by atoms with van der Waals surface area (Å²) in [6.45, 7) is 9.54. The van der Waals surface area contributed by atoms with Crippen molar-refractivity contribution >= 4 is 0 Å². The molecule has 0 radical (unpaired) electrons. The Kier molecular flexibility index (Phi) is 4.90. The van der Waals surface area contributed by atoms with Gasteiger partial charge >= 0.3 is 0 Å². The molecule has 0 spiro atoms. The van der Waals surface area contributed by atoms with E-state index < -0.39 is 0 Å². The predicted octanol–water partition coefficient (Wildman–Crippen LogP) is 2.10. The summed E-state index contributed by atoms with van der Waals surface area (Å²) >= 11 is 0. The van der Waals surface area contributed by atoms with Gasteiger partial charge < -0.3 is 5.32 Å². The van der Waals surface area contributed by atoms with Gasteiger partial charge in [0.15, 0.2) is 0 Å². The van der Waals surface area contributed by atoms with Crippen molar-refractivity contribution in [3.8, 4) is 0 Å². The number of piperidine rings is 1. The van der Waals surface area contributed by atoms with Gasteiger partial charge in [0, 0.05) is 18.6 Å². The SMILES string of the molecule is CNC1CCCN(C(C)CC(C)C)C1. The standard InChI is InChI=1S/C12H26N2/c1-10(2)8-11(3)14-7-5-6-12(9-14)13-4/h10-13H,5-9H2,1-4H3. The molecule has 0 aromatic heterocycles. The van der Waals surface area contributed by atoms with E-state index in [0.717, 1.165) is 18.0 Å². The van der Waals surface area contributed by atoms with Crippen molar-refractivity contribution in [3.05, 3.63) is 0 Å². The molecule has 1 fully saturated rings. The molecule has 0 aromatic carbocycles. The Morgan fingerprint density at radius 2 is 2.07 bits per heavy atom. The largest absolute Gasteiger partial charge is 0.316 e. The maximum absolute atomic E-state index is 3.40. The molecule has 14 heavy (non-hydrogen) atoms. The van der Waals surface area contributed by atoms with Crippen LogP contribution in [0.3, 0.4) is 0 Å². The van der Waals surface area contributed by atoms with Gasteiger partial charge in [-0.05, 0) is 45.7 Å². The van der Waals surface area contributed by atoms with Crippen LogP contribution in [0.5, 0.6) is 0 Å². The number of likely N-dealkylation sites (tertiary alicyclic amines) is 1. The molecule has 0 aromatic rings. The van der Waals surface area contributed by atoms with E-state index in [1.165, 1.54) is 32.4 Å². The monoisotopic (exact) mass is 198 g/mol. The minimum atomic E-state index is 0.721. The second-order valence-electron chi connectivity index (χ2n) is 5.10. The van der Waals surface area contributed by atoms with Crippen molar-refractivity contribution < 1.29 is 0 Å². The van der Waals surface area contributed by atoms with E-state index in [-0.39, 0.29) is 0 Å². The average Bonchev–Trinajstić information content (AvgIpc) is 2.17.